The van der Waals surface area contributed by atoms with Crippen molar-refractivity contribution in [3.05, 3.63) is 93.6 Å². The number of carbonyl (C=O) groups is 1. The third kappa shape index (κ3) is 11.1. The van der Waals surface area contributed by atoms with Crippen molar-refractivity contribution >= 4 is 5.97 Å². The van der Waals surface area contributed by atoms with Gasteiger partial charge in [-0.25, -0.2) is 0 Å². The van der Waals surface area contributed by atoms with Gasteiger partial charge in [0.2, 0.25) is 0 Å². The molecule has 0 saturated heterocycles. The molecule has 0 aromatic heterocycles. The molecule has 218 valence electrons. The zero-order chi connectivity index (χ0) is 28.7. The Labute approximate surface area is 235 Å². The van der Waals surface area contributed by atoms with Gasteiger partial charge in [-0.15, -0.1) is 10.1 Å². The fourth-order valence-electron chi connectivity index (χ4n) is 5.24. The first-order valence-corrected chi connectivity index (χ1v) is 14.1. The Morgan fingerprint density at radius 3 is 2.33 bits per heavy atom. The Balaban J connectivity index is 1.30. The zero-order valence-corrected chi connectivity index (χ0v) is 22.8. The second-order valence-electron chi connectivity index (χ2n) is 10.5. The van der Waals surface area contributed by atoms with Gasteiger partial charge in [0.05, 0.1) is 18.3 Å². The van der Waals surface area contributed by atoms with E-state index >= 15 is 0 Å². The second kappa shape index (κ2) is 16.7. The number of carbonyl (C=O) groups excluding carboxylic acids is 1. The maximum Gasteiger partial charge on any atom is 0.306 e. The van der Waals surface area contributed by atoms with Crippen LogP contribution in [0.25, 0.3) is 0 Å². The van der Waals surface area contributed by atoms with Gasteiger partial charge in [0.25, 0.3) is 5.09 Å². The van der Waals surface area contributed by atoms with E-state index in [2.05, 4.69) is 17.0 Å². The average molecular weight is 556 g/mol. The molecule has 3 N–H and O–H groups in total. The first-order valence-electron chi connectivity index (χ1n) is 14.1. The molecule has 40 heavy (non-hydrogen) atoms. The average Bonchev–Trinajstić information content (AvgIpc) is 3.22. The Hall–Kier alpha value is -3.27. The summed E-state index contributed by atoms with van der Waals surface area (Å²) in [5.41, 5.74) is 2.64. The van der Waals surface area contributed by atoms with Crippen molar-refractivity contribution in [2.24, 2.45) is 11.8 Å². The van der Waals surface area contributed by atoms with Crippen LogP contribution < -0.4 is 0 Å². The van der Waals surface area contributed by atoms with E-state index in [1.54, 1.807) is 24.3 Å². The number of aryl methyl sites for hydroxylation is 1. The van der Waals surface area contributed by atoms with Crippen LogP contribution in [0.1, 0.15) is 68.1 Å². The highest BCUT2D eigenvalue weighted by molar-refractivity contribution is 5.69. The highest BCUT2D eigenvalue weighted by Crippen LogP contribution is 2.38. The molecule has 2 aromatic carbocycles. The summed E-state index contributed by atoms with van der Waals surface area (Å²) in [6.07, 6.45) is 7.87. The molecule has 0 heterocycles. The first kappa shape index (κ1) is 31.3. The standard InChI is InChI=1S/C31H41NO8/c33-26(17-16-23-8-4-3-5-9-23)18-19-28-27(29(34)20-30(28)35)10-6-1-2-7-11-31(36)39-21-24-12-14-25(15-13-24)22-40-32(37)38/h1,3-6,8-9,12-15,26-30,33-35H,2,7,10-11,16-22H2. The van der Waals surface area contributed by atoms with Crippen molar-refractivity contribution in [3.63, 3.8) is 0 Å². The van der Waals surface area contributed by atoms with Crippen LogP contribution in [0, 0.1) is 22.0 Å². The van der Waals surface area contributed by atoms with E-state index in [0.29, 0.717) is 50.5 Å². The number of allylic oxidation sites excluding steroid dienone is 2. The van der Waals surface area contributed by atoms with Crippen LogP contribution in [0.5, 0.6) is 0 Å². The van der Waals surface area contributed by atoms with Gasteiger partial charge in [-0.3, -0.25) is 4.79 Å². The predicted octanol–water partition coefficient (Wildman–Crippen LogP) is 4.69. The number of aliphatic hydroxyl groups excluding tert-OH is 3. The van der Waals surface area contributed by atoms with Gasteiger partial charge in [-0.05, 0) is 79.9 Å². The monoisotopic (exact) mass is 555 g/mol. The number of benzene rings is 2. The molecule has 5 atom stereocenters. The molecule has 1 saturated carbocycles. The topological polar surface area (TPSA) is 139 Å². The van der Waals surface area contributed by atoms with Gasteiger partial charge in [0.1, 0.15) is 13.2 Å². The maximum absolute atomic E-state index is 12.1. The molecular formula is C31H41NO8. The molecule has 0 spiro atoms. The van der Waals surface area contributed by atoms with Crippen molar-refractivity contribution in [1.82, 2.24) is 0 Å². The summed E-state index contributed by atoms with van der Waals surface area (Å²) < 4.78 is 5.30. The molecule has 1 aliphatic carbocycles. The molecule has 3 rings (SSSR count). The fraction of sp³-hybridized carbons (Fsp3) is 0.516. The number of esters is 1. The molecular weight excluding hydrogens is 514 g/mol. The third-order valence-electron chi connectivity index (χ3n) is 7.55. The van der Waals surface area contributed by atoms with Crippen LogP contribution in [-0.4, -0.2) is 44.7 Å². The van der Waals surface area contributed by atoms with Crippen LogP contribution in [-0.2, 0) is 34.0 Å². The van der Waals surface area contributed by atoms with Gasteiger partial charge < -0.3 is 24.9 Å². The lowest BCUT2D eigenvalue weighted by molar-refractivity contribution is -0.763. The lowest BCUT2D eigenvalue weighted by atomic mass is 9.85. The third-order valence-corrected chi connectivity index (χ3v) is 7.55. The highest BCUT2D eigenvalue weighted by Gasteiger charge is 2.40. The molecule has 9 heteroatoms. The zero-order valence-electron chi connectivity index (χ0n) is 22.8. The highest BCUT2D eigenvalue weighted by atomic mass is 16.9. The number of rotatable bonds is 17. The lowest BCUT2D eigenvalue weighted by Gasteiger charge is -2.23. The summed E-state index contributed by atoms with van der Waals surface area (Å²) in [4.78, 5) is 26.6. The second-order valence-corrected chi connectivity index (χ2v) is 10.5. The summed E-state index contributed by atoms with van der Waals surface area (Å²) >= 11 is 0. The van der Waals surface area contributed by atoms with Gasteiger partial charge in [-0.1, -0.05) is 66.7 Å². The van der Waals surface area contributed by atoms with Crippen LogP contribution in [0.15, 0.2) is 66.7 Å². The van der Waals surface area contributed by atoms with E-state index in [0.717, 1.165) is 12.0 Å². The van der Waals surface area contributed by atoms with E-state index in [4.69, 9.17) is 4.74 Å². The van der Waals surface area contributed by atoms with E-state index in [1.165, 1.54) is 5.56 Å². The minimum Gasteiger partial charge on any atom is -0.461 e. The molecule has 0 radical (unpaired) electrons. The van der Waals surface area contributed by atoms with E-state index < -0.39 is 23.4 Å². The molecule has 9 nitrogen and oxygen atoms in total. The van der Waals surface area contributed by atoms with Crippen molar-refractivity contribution in [2.45, 2.75) is 89.3 Å². The van der Waals surface area contributed by atoms with Crippen LogP contribution in [0.2, 0.25) is 0 Å². The van der Waals surface area contributed by atoms with E-state index in [1.807, 2.05) is 30.4 Å². The molecule has 5 unspecified atom stereocenters. The summed E-state index contributed by atoms with van der Waals surface area (Å²) in [7, 11) is 0. The maximum atomic E-state index is 12.1. The van der Waals surface area contributed by atoms with E-state index in [-0.39, 0.29) is 37.4 Å². The van der Waals surface area contributed by atoms with Gasteiger partial charge in [0, 0.05) is 6.42 Å². The summed E-state index contributed by atoms with van der Waals surface area (Å²) in [5.74, 6) is -0.389. The predicted molar refractivity (Wildman–Crippen MR) is 149 cm³/mol. The Kier molecular flexibility index (Phi) is 13.1. The van der Waals surface area contributed by atoms with Gasteiger partial charge in [-0.2, -0.15) is 0 Å². The number of hydrogen-bond donors (Lipinski definition) is 3. The normalized spacial score (nSPS) is 21.4. The van der Waals surface area contributed by atoms with Gasteiger partial charge >= 0.3 is 5.97 Å². The lowest BCUT2D eigenvalue weighted by Crippen LogP contribution is -2.23. The molecule has 2 aromatic rings. The van der Waals surface area contributed by atoms with Crippen molar-refractivity contribution in [1.29, 1.82) is 0 Å². The Morgan fingerprint density at radius 2 is 1.62 bits per heavy atom. The molecule has 0 bridgehead atoms. The number of hydrogen-bond acceptors (Lipinski definition) is 8. The van der Waals surface area contributed by atoms with Gasteiger partial charge in [0.15, 0.2) is 0 Å². The first-order chi connectivity index (χ1) is 19.3. The molecule has 1 aliphatic rings. The van der Waals surface area contributed by atoms with Crippen molar-refractivity contribution < 1.29 is 34.8 Å². The van der Waals surface area contributed by atoms with Crippen molar-refractivity contribution in [2.75, 3.05) is 0 Å². The Bertz CT molecular complexity index is 1060. The smallest absolute Gasteiger partial charge is 0.306 e. The minimum absolute atomic E-state index is 0.0457. The van der Waals surface area contributed by atoms with Crippen LogP contribution >= 0.6 is 0 Å². The fourth-order valence-corrected chi connectivity index (χ4v) is 5.24. The molecule has 1 fully saturated rings. The summed E-state index contributed by atoms with van der Waals surface area (Å²) in [6, 6.07) is 16.9. The number of unbranched alkanes of at least 4 members (excludes halogenated alkanes) is 1. The molecule has 0 aliphatic heterocycles. The number of aliphatic hydroxyl groups is 3. The Morgan fingerprint density at radius 1 is 0.950 bits per heavy atom. The quantitative estimate of drug-likeness (QED) is 0.0840. The number of nitrogens with zero attached hydrogens (tertiary/aromatic N) is 1. The minimum atomic E-state index is -0.841. The largest absolute Gasteiger partial charge is 0.461 e. The SMILES string of the molecule is O=C(CCCC=CCC1C(O)CC(O)C1CCC(O)CCc1ccccc1)OCc1ccc(CO[N+](=O)[O-])cc1. The van der Waals surface area contributed by atoms with E-state index in [9.17, 15) is 30.2 Å². The van der Waals surface area contributed by atoms with Crippen LogP contribution in [0.3, 0.4) is 0 Å². The number of ether oxygens (including phenoxy) is 1. The van der Waals surface area contributed by atoms with Crippen LogP contribution in [0.4, 0.5) is 0 Å². The van der Waals surface area contributed by atoms with Crippen molar-refractivity contribution in [3.8, 4) is 0 Å². The summed E-state index contributed by atoms with van der Waals surface area (Å²) in [6.45, 7) is 0.00906. The molecule has 0 amide bonds. The summed E-state index contributed by atoms with van der Waals surface area (Å²) in [5, 5.41) is 40.9.